The molecule has 3 fully saturated rings. The van der Waals surface area contributed by atoms with Crippen molar-refractivity contribution in [3.8, 4) is 0 Å². The van der Waals surface area contributed by atoms with Gasteiger partial charge in [-0.2, -0.15) is 0 Å². The quantitative estimate of drug-likeness (QED) is 0.795. The molecular formula is C18H19NO2. The Bertz CT molecular complexity index is 667. The van der Waals surface area contributed by atoms with Crippen LogP contribution in [0.15, 0.2) is 24.3 Å². The molecule has 0 unspecified atom stereocenters. The fraction of sp³-hybridized carbons (Fsp3) is 0.556. The van der Waals surface area contributed by atoms with Crippen LogP contribution in [0.4, 0.5) is 0 Å². The van der Waals surface area contributed by atoms with E-state index in [-0.39, 0.29) is 23.1 Å². The summed E-state index contributed by atoms with van der Waals surface area (Å²) in [5, 5.41) is 3.23. The van der Waals surface area contributed by atoms with Crippen molar-refractivity contribution in [1.29, 1.82) is 0 Å². The molecule has 1 aromatic carbocycles. The third-order valence-electron chi connectivity index (χ3n) is 6.59. The highest BCUT2D eigenvalue weighted by molar-refractivity contribution is 6.12. The lowest BCUT2D eigenvalue weighted by Crippen LogP contribution is -2.55. The number of nitrogens with one attached hydrogen (secondary N) is 1. The van der Waals surface area contributed by atoms with Crippen molar-refractivity contribution < 1.29 is 9.59 Å². The van der Waals surface area contributed by atoms with Crippen molar-refractivity contribution in [3.05, 3.63) is 35.4 Å². The first-order chi connectivity index (χ1) is 10.2. The molecule has 5 atom stereocenters. The molecule has 1 aliphatic heterocycles. The normalized spacial score (nSPS) is 43.0. The van der Waals surface area contributed by atoms with Crippen LogP contribution >= 0.6 is 0 Å². The van der Waals surface area contributed by atoms with Gasteiger partial charge in [-0.15, -0.1) is 0 Å². The predicted molar refractivity (Wildman–Crippen MR) is 78.0 cm³/mol. The summed E-state index contributed by atoms with van der Waals surface area (Å²) in [5.74, 6) is 2.09. The molecule has 3 saturated carbocycles. The summed E-state index contributed by atoms with van der Waals surface area (Å²) in [6, 6.07) is 7.43. The van der Waals surface area contributed by atoms with Crippen molar-refractivity contribution in [1.82, 2.24) is 5.32 Å². The summed E-state index contributed by atoms with van der Waals surface area (Å²) in [4.78, 5) is 25.9. The number of ketones is 1. The third-order valence-corrected chi connectivity index (χ3v) is 6.59. The van der Waals surface area contributed by atoms with Gasteiger partial charge in [0.2, 0.25) is 0 Å². The van der Waals surface area contributed by atoms with Crippen LogP contribution in [-0.4, -0.2) is 17.7 Å². The number of hydrogen-bond donors (Lipinski definition) is 1. The van der Waals surface area contributed by atoms with Crippen LogP contribution in [0.1, 0.15) is 52.8 Å². The predicted octanol–water partition coefficient (Wildman–Crippen LogP) is 2.81. The summed E-state index contributed by atoms with van der Waals surface area (Å²) in [5.41, 5.74) is 0.925. The molecule has 1 spiro atoms. The van der Waals surface area contributed by atoms with Gasteiger partial charge in [0.25, 0.3) is 5.91 Å². The van der Waals surface area contributed by atoms with E-state index < -0.39 is 0 Å². The minimum absolute atomic E-state index is 0.0504. The van der Waals surface area contributed by atoms with Crippen LogP contribution in [0.3, 0.4) is 0 Å². The first-order valence-electron chi connectivity index (χ1n) is 8.13. The number of hydrogen-bond acceptors (Lipinski definition) is 2. The third kappa shape index (κ3) is 1.35. The Balaban J connectivity index is 1.74. The summed E-state index contributed by atoms with van der Waals surface area (Å²) in [7, 11) is 0. The molecule has 1 aromatic rings. The molecule has 21 heavy (non-hydrogen) atoms. The fourth-order valence-corrected chi connectivity index (χ4v) is 5.95. The van der Waals surface area contributed by atoms with E-state index >= 15 is 0 Å². The molecule has 0 radical (unpaired) electrons. The van der Waals surface area contributed by atoms with Gasteiger partial charge in [-0.1, -0.05) is 18.2 Å². The van der Waals surface area contributed by atoms with Gasteiger partial charge in [-0.05, 0) is 55.9 Å². The maximum atomic E-state index is 13.4. The van der Waals surface area contributed by atoms with Gasteiger partial charge in [0, 0.05) is 11.6 Å². The number of carbonyl (C=O) groups is 2. The molecule has 108 valence electrons. The number of rotatable bonds is 0. The van der Waals surface area contributed by atoms with Crippen LogP contribution in [0.25, 0.3) is 0 Å². The second-order valence-corrected chi connectivity index (χ2v) is 7.52. The zero-order valence-corrected chi connectivity index (χ0v) is 12.0. The monoisotopic (exact) mass is 281 g/mol. The van der Waals surface area contributed by atoms with Crippen LogP contribution in [0.2, 0.25) is 0 Å². The van der Waals surface area contributed by atoms with E-state index in [0.717, 1.165) is 12.8 Å². The highest BCUT2D eigenvalue weighted by Crippen LogP contribution is 2.63. The largest absolute Gasteiger partial charge is 0.348 e. The lowest BCUT2D eigenvalue weighted by atomic mass is 9.59. The molecule has 3 heteroatoms. The van der Waals surface area contributed by atoms with Gasteiger partial charge in [0.1, 0.15) is 0 Å². The fourth-order valence-electron chi connectivity index (χ4n) is 5.95. The van der Waals surface area contributed by atoms with E-state index in [9.17, 15) is 9.59 Å². The van der Waals surface area contributed by atoms with E-state index in [1.807, 2.05) is 18.2 Å². The van der Waals surface area contributed by atoms with Crippen molar-refractivity contribution in [2.24, 2.45) is 23.2 Å². The minimum Gasteiger partial charge on any atom is -0.348 e. The van der Waals surface area contributed by atoms with Crippen LogP contribution < -0.4 is 5.32 Å². The molecule has 1 N–H and O–H groups in total. The smallest absolute Gasteiger partial charge is 0.252 e. The zero-order valence-electron chi connectivity index (χ0n) is 12.0. The van der Waals surface area contributed by atoms with Crippen molar-refractivity contribution in [2.45, 2.75) is 38.1 Å². The molecule has 3 aliphatic carbocycles. The molecule has 5 rings (SSSR count). The van der Waals surface area contributed by atoms with Crippen molar-refractivity contribution >= 4 is 11.7 Å². The lowest BCUT2D eigenvalue weighted by molar-refractivity contribution is 0.0375. The average Bonchev–Trinajstić information content (AvgIpc) is 2.65. The van der Waals surface area contributed by atoms with Gasteiger partial charge in [-0.25, -0.2) is 0 Å². The van der Waals surface area contributed by atoms with Gasteiger partial charge >= 0.3 is 0 Å². The van der Waals surface area contributed by atoms with Gasteiger partial charge in [0.05, 0.1) is 11.0 Å². The minimum atomic E-state index is -0.306. The second-order valence-electron chi connectivity index (χ2n) is 7.52. The Labute approximate surface area is 124 Å². The molecule has 1 heterocycles. The number of Topliss-reactive ketones (excluding diaryl/α,β-unsaturated/α-hetero) is 1. The first kappa shape index (κ1) is 12.0. The van der Waals surface area contributed by atoms with E-state index in [0.29, 0.717) is 28.9 Å². The molecule has 0 saturated heterocycles. The SMILES string of the molecule is O=C1N[C@@H]2C[C@@H]3C[C@H]4C[C@@H](C3)[C@@]2(C4)C(=O)c2ccccc21. The molecule has 4 aliphatic rings. The molecule has 0 aromatic heterocycles. The van der Waals surface area contributed by atoms with Crippen LogP contribution in [-0.2, 0) is 0 Å². The number of fused-ring (bicyclic) bond motifs is 3. The number of amides is 1. The second kappa shape index (κ2) is 3.76. The number of benzene rings is 1. The van der Waals surface area contributed by atoms with E-state index in [4.69, 9.17) is 0 Å². The van der Waals surface area contributed by atoms with E-state index in [1.165, 1.54) is 19.3 Å². The highest BCUT2D eigenvalue weighted by Gasteiger charge is 2.63. The maximum Gasteiger partial charge on any atom is 0.252 e. The molecular weight excluding hydrogens is 262 g/mol. The molecule has 3 nitrogen and oxygen atoms in total. The van der Waals surface area contributed by atoms with E-state index in [1.54, 1.807) is 6.07 Å². The zero-order chi connectivity index (χ0) is 14.2. The Kier molecular flexibility index (Phi) is 2.14. The molecule has 3 bridgehead atoms. The Morgan fingerprint density at radius 1 is 0.952 bits per heavy atom. The lowest BCUT2D eigenvalue weighted by Gasteiger charge is -2.46. The topological polar surface area (TPSA) is 46.2 Å². The van der Waals surface area contributed by atoms with Crippen molar-refractivity contribution in [2.75, 3.05) is 0 Å². The van der Waals surface area contributed by atoms with E-state index in [2.05, 4.69) is 5.32 Å². The summed E-state index contributed by atoms with van der Waals surface area (Å²) >= 11 is 0. The number of carbonyl (C=O) groups excluding carboxylic acids is 2. The average molecular weight is 281 g/mol. The maximum absolute atomic E-state index is 13.4. The van der Waals surface area contributed by atoms with Gasteiger partial charge in [-0.3, -0.25) is 9.59 Å². The Morgan fingerprint density at radius 2 is 1.71 bits per heavy atom. The standard InChI is InChI=1S/C18H19NO2/c20-16-13-3-1-2-4-14(13)17(21)19-15-8-10-5-11-7-12(6-10)18(15,16)9-11/h1-4,10-12,15H,5-9H2,(H,19,21)/t10-,11+,12-,15-,18-/m1/s1. The highest BCUT2D eigenvalue weighted by atomic mass is 16.2. The Morgan fingerprint density at radius 3 is 2.57 bits per heavy atom. The van der Waals surface area contributed by atoms with Crippen LogP contribution in [0.5, 0.6) is 0 Å². The summed E-state index contributed by atoms with van der Waals surface area (Å²) in [6.45, 7) is 0. The first-order valence-corrected chi connectivity index (χ1v) is 8.13. The Hall–Kier alpha value is -1.64. The van der Waals surface area contributed by atoms with Gasteiger partial charge < -0.3 is 5.32 Å². The van der Waals surface area contributed by atoms with Crippen molar-refractivity contribution in [3.63, 3.8) is 0 Å². The molecule has 1 amide bonds. The summed E-state index contributed by atoms with van der Waals surface area (Å²) in [6.07, 6.45) is 5.64. The summed E-state index contributed by atoms with van der Waals surface area (Å²) < 4.78 is 0. The van der Waals surface area contributed by atoms with Gasteiger partial charge in [0.15, 0.2) is 5.78 Å². The van der Waals surface area contributed by atoms with Crippen LogP contribution in [0, 0.1) is 23.2 Å².